The van der Waals surface area contributed by atoms with Crippen LogP contribution in [0.1, 0.15) is 24.0 Å². The molecule has 0 atom stereocenters. The minimum absolute atomic E-state index is 0.00545. The van der Waals surface area contributed by atoms with Crippen molar-refractivity contribution in [2.24, 2.45) is 0 Å². The second-order valence-electron chi connectivity index (χ2n) is 7.05. The van der Waals surface area contributed by atoms with E-state index in [1.54, 1.807) is 0 Å². The molecule has 0 amide bonds. The Balaban J connectivity index is 1.69. The summed E-state index contributed by atoms with van der Waals surface area (Å²) in [7, 11) is -7.66. The number of hydrogen-bond donors (Lipinski definition) is 0. The van der Waals surface area contributed by atoms with Gasteiger partial charge in [-0.15, -0.1) is 0 Å². The van der Waals surface area contributed by atoms with E-state index in [9.17, 15) is 34.4 Å². The summed E-state index contributed by atoms with van der Waals surface area (Å²) in [6.07, 6.45) is -4.49. The molecule has 3 rings (SSSR count). The molecule has 1 saturated heterocycles. The van der Waals surface area contributed by atoms with Crippen LogP contribution < -0.4 is 0 Å². The summed E-state index contributed by atoms with van der Waals surface area (Å²) in [5, 5.41) is -0.817. The Morgan fingerprint density at radius 3 is 2.10 bits per heavy atom. The van der Waals surface area contributed by atoms with Gasteiger partial charge in [-0.05, 0) is 48.7 Å². The summed E-state index contributed by atoms with van der Waals surface area (Å²) < 4.78 is 103. The van der Waals surface area contributed by atoms with E-state index in [0.717, 1.165) is 34.6 Å². The summed E-state index contributed by atoms with van der Waals surface area (Å²) in [5.41, 5.74) is -0.926. The molecule has 0 N–H and O–H groups in total. The Bertz CT molecular complexity index is 1110. The molecule has 0 spiro atoms. The van der Waals surface area contributed by atoms with Crippen LogP contribution >= 0.6 is 0 Å². The minimum atomic E-state index is -4.58. The summed E-state index contributed by atoms with van der Waals surface area (Å²) in [6, 6.07) is 8.53. The monoisotopic (exact) mass is 465 g/mol. The van der Waals surface area contributed by atoms with Crippen LogP contribution in [0.25, 0.3) is 0 Å². The first-order valence-corrected chi connectivity index (χ1v) is 12.2. The van der Waals surface area contributed by atoms with E-state index in [2.05, 4.69) is 0 Å². The SMILES string of the molecule is O=S(=O)(c1ccc(F)cc1)C1CCN(S(=O)(=O)Cc2cccc(C(F)(F)F)c2)CC1. The first-order chi connectivity index (χ1) is 13.9. The topological polar surface area (TPSA) is 71.5 Å². The van der Waals surface area contributed by atoms with Crippen LogP contribution in [0.4, 0.5) is 17.6 Å². The molecule has 2 aromatic rings. The highest BCUT2D eigenvalue weighted by atomic mass is 32.2. The van der Waals surface area contributed by atoms with Crippen molar-refractivity contribution in [1.82, 2.24) is 4.31 Å². The molecule has 2 aromatic carbocycles. The zero-order valence-corrected chi connectivity index (χ0v) is 17.3. The zero-order chi connectivity index (χ0) is 22.2. The van der Waals surface area contributed by atoms with E-state index in [0.29, 0.717) is 0 Å². The van der Waals surface area contributed by atoms with Crippen LogP contribution in [0.5, 0.6) is 0 Å². The van der Waals surface area contributed by atoms with Crippen molar-refractivity contribution in [3.63, 3.8) is 0 Å². The van der Waals surface area contributed by atoms with Gasteiger partial charge in [0.15, 0.2) is 9.84 Å². The van der Waals surface area contributed by atoms with Crippen LogP contribution in [0, 0.1) is 5.82 Å². The second-order valence-corrected chi connectivity index (χ2v) is 11.2. The van der Waals surface area contributed by atoms with Crippen molar-refractivity contribution in [3.05, 3.63) is 65.5 Å². The van der Waals surface area contributed by atoms with Gasteiger partial charge in [-0.3, -0.25) is 0 Å². The number of sulfonamides is 1. The predicted molar refractivity (Wildman–Crippen MR) is 102 cm³/mol. The van der Waals surface area contributed by atoms with E-state index >= 15 is 0 Å². The standard InChI is InChI=1S/C19H19F4NO4S2/c20-16-4-6-17(7-5-16)30(27,28)18-8-10-24(11-9-18)29(25,26)13-14-2-1-3-15(12-14)19(21,22)23/h1-7,12,18H,8-11,13H2. The first-order valence-electron chi connectivity index (χ1n) is 9.03. The Hall–Kier alpha value is -1.98. The maximum Gasteiger partial charge on any atom is 0.416 e. The highest BCUT2D eigenvalue weighted by molar-refractivity contribution is 7.92. The molecule has 0 saturated carbocycles. The van der Waals surface area contributed by atoms with Gasteiger partial charge in [0.1, 0.15) is 5.82 Å². The minimum Gasteiger partial charge on any atom is -0.223 e. The Kier molecular flexibility index (Phi) is 6.26. The van der Waals surface area contributed by atoms with Crippen molar-refractivity contribution in [2.75, 3.05) is 13.1 Å². The second kappa shape index (κ2) is 8.27. The third-order valence-electron chi connectivity index (χ3n) is 4.98. The van der Waals surface area contributed by atoms with Gasteiger partial charge in [-0.25, -0.2) is 25.5 Å². The van der Waals surface area contributed by atoms with E-state index in [4.69, 9.17) is 0 Å². The average Bonchev–Trinajstić information content (AvgIpc) is 2.68. The number of piperidine rings is 1. The normalized spacial score (nSPS) is 17.2. The van der Waals surface area contributed by atoms with Gasteiger partial charge in [0.05, 0.1) is 21.5 Å². The van der Waals surface area contributed by atoms with Crippen LogP contribution in [-0.2, 0) is 31.8 Å². The first kappa shape index (κ1) is 22.7. The number of alkyl halides is 3. The van der Waals surface area contributed by atoms with Gasteiger partial charge in [0.25, 0.3) is 0 Å². The van der Waals surface area contributed by atoms with Crippen LogP contribution in [0.3, 0.4) is 0 Å². The summed E-state index contributed by atoms with van der Waals surface area (Å²) in [4.78, 5) is -0.0332. The van der Waals surface area contributed by atoms with Gasteiger partial charge in [0.2, 0.25) is 10.0 Å². The van der Waals surface area contributed by atoms with E-state index in [-0.39, 0.29) is 36.4 Å². The van der Waals surface area contributed by atoms with E-state index < -0.39 is 48.4 Å². The molecular formula is C19H19F4NO4S2. The fraction of sp³-hybridized carbons (Fsp3) is 0.368. The van der Waals surface area contributed by atoms with Gasteiger partial charge >= 0.3 is 6.18 Å². The number of rotatable bonds is 5. The lowest BCUT2D eigenvalue weighted by atomic mass is 10.1. The van der Waals surface area contributed by atoms with Crippen molar-refractivity contribution in [1.29, 1.82) is 0 Å². The molecule has 0 unspecified atom stereocenters. The van der Waals surface area contributed by atoms with Gasteiger partial charge in [0, 0.05) is 13.1 Å². The maximum atomic E-state index is 13.0. The number of hydrogen-bond acceptors (Lipinski definition) is 4. The van der Waals surface area contributed by atoms with Crippen molar-refractivity contribution < 1.29 is 34.4 Å². The maximum absolute atomic E-state index is 13.0. The number of sulfone groups is 1. The van der Waals surface area contributed by atoms with E-state index in [1.165, 1.54) is 18.2 Å². The fourth-order valence-electron chi connectivity index (χ4n) is 3.38. The van der Waals surface area contributed by atoms with Crippen molar-refractivity contribution in [3.8, 4) is 0 Å². The highest BCUT2D eigenvalue weighted by Gasteiger charge is 2.36. The number of benzene rings is 2. The number of halogens is 4. The lowest BCUT2D eigenvalue weighted by Gasteiger charge is -2.31. The quantitative estimate of drug-likeness (QED) is 0.500. The summed E-state index contributed by atoms with van der Waals surface area (Å²) >= 11 is 0. The summed E-state index contributed by atoms with van der Waals surface area (Å²) in [6.45, 7) is -0.126. The molecular weight excluding hydrogens is 446 g/mol. The lowest BCUT2D eigenvalue weighted by molar-refractivity contribution is -0.137. The molecule has 1 fully saturated rings. The van der Waals surface area contributed by atoms with Crippen molar-refractivity contribution >= 4 is 19.9 Å². The number of nitrogens with zero attached hydrogens (tertiary/aromatic N) is 1. The Morgan fingerprint density at radius 1 is 0.933 bits per heavy atom. The molecule has 1 aliphatic heterocycles. The molecule has 1 aliphatic rings. The average molecular weight is 465 g/mol. The van der Waals surface area contributed by atoms with Crippen LogP contribution in [0.15, 0.2) is 53.4 Å². The smallest absolute Gasteiger partial charge is 0.223 e. The summed E-state index contributed by atoms with van der Waals surface area (Å²) in [5.74, 6) is -1.17. The molecule has 0 radical (unpaired) electrons. The molecule has 5 nitrogen and oxygen atoms in total. The lowest BCUT2D eigenvalue weighted by Crippen LogP contribution is -2.42. The molecule has 11 heteroatoms. The third kappa shape index (κ3) is 5.01. The molecule has 164 valence electrons. The van der Waals surface area contributed by atoms with Gasteiger partial charge in [-0.1, -0.05) is 18.2 Å². The van der Waals surface area contributed by atoms with Crippen LogP contribution in [-0.4, -0.2) is 39.5 Å². The largest absolute Gasteiger partial charge is 0.416 e. The molecule has 0 aliphatic carbocycles. The van der Waals surface area contributed by atoms with Crippen LogP contribution in [0.2, 0.25) is 0 Å². The fourth-order valence-corrected chi connectivity index (χ4v) is 6.66. The van der Waals surface area contributed by atoms with E-state index in [1.807, 2.05) is 0 Å². The van der Waals surface area contributed by atoms with Crippen molar-refractivity contribution in [2.45, 2.75) is 34.9 Å². The van der Waals surface area contributed by atoms with Gasteiger partial charge < -0.3 is 0 Å². The molecule has 30 heavy (non-hydrogen) atoms. The zero-order valence-electron chi connectivity index (χ0n) is 15.6. The molecule has 0 bridgehead atoms. The van der Waals surface area contributed by atoms with Gasteiger partial charge in [-0.2, -0.15) is 13.2 Å². The molecule has 0 aromatic heterocycles. The highest BCUT2D eigenvalue weighted by Crippen LogP contribution is 2.31. The molecule has 1 heterocycles. The third-order valence-corrected chi connectivity index (χ3v) is 9.11. The Labute approximate surface area is 172 Å². The predicted octanol–water partition coefficient (Wildman–Crippen LogP) is 3.61. The Morgan fingerprint density at radius 2 is 1.53 bits per heavy atom.